The number of hydrogen-bond acceptors (Lipinski definition) is 8. The number of carboxylic acids is 1. The molecule has 4 bridgehead atoms. The molecule has 0 atom stereocenters. The number of benzene rings is 1. The van der Waals surface area contributed by atoms with Crippen LogP contribution in [0.5, 0.6) is 5.75 Å². The van der Waals surface area contributed by atoms with Gasteiger partial charge in [0, 0.05) is 63.0 Å². The van der Waals surface area contributed by atoms with Gasteiger partial charge in [0.25, 0.3) is 5.91 Å². The molecule has 2 amide bonds. The first-order valence-electron chi connectivity index (χ1n) is 19.9. The number of nitrogens with zero attached hydrogens (tertiary/aromatic N) is 5. The Morgan fingerprint density at radius 2 is 1.63 bits per heavy atom. The zero-order valence-corrected chi connectivity index (χ0v) is 30.7. The molecule has 11 nitrogen and oxygen atoms in total. The first-order chi connectivity index (χ1) is 25.8. The third kappa shape index (κ3) is 5.92. The van der Waals surface area contributed by atoms with E-state index in [1.807, 2.05) is 17.0 Å². The molecule has 10 rings (SSSR count). The average molecular weight is 751 g/mol. The highest BCUT2D eigenvalue weighted by molar-refractivity contribution is 5.99. The van der Waals surface area contributed by atoms with Gasteiger partial charge in [0.05, 0.1) is 5.56 Å². The summed E-state index contributed by atoms with van der Waals surface area (Å²) in [5.74, 6) is -1.36. The SMILES string of the molecule is CC(=O)N1CC(N2CCC(Oc3ccc4c(c3)C3(CCCCC3)CN4c3ncc(C(=O)NC4(C(=O)O)C5CC6CC(C5)CC4C6)c(C(F)(F)F)n3)CC2)C1. The molecule has 8 aliphatic rings. The minimum atomic E-state index is -4.98. The van der Waals surface area contributed by atoms with Crippen LogP contribution in [0.25, 0.3) is 0 Å². The van der Waals surface area contributed by atoms with Crippen molar-refractivity contribution >= 4 is 29.4 Å². The van der Waals surface area contributed by atoms with Gasteiger partial charge in [-0.25, -0.2) is 14.8 Å². The summed E-state index contributed by atoms with van der Waals surface area (Å²) in [7, 11) is 0. The lowest BCUT2D eigenvalue weighted by molar-refractivity contribution is -0.163. The number of carbonyl (C=O) groups excluding carboxylic acids is 2. The van der Waals surface area contributed by atoms with E-state index in [-0.39, 0.29) is 35.2 Å². The molecule has 7 fully saturated rings. The van der Waals surface area contributed by atoms with E-state index in [2.05, 4.69) is 26.3 Å². The van der Waals surface area contributed by atoms with Gasteiger partial charge in [-0.15, -0.1) is 0 Å². The largest absolute Gasteiger partial charge is 0.490 e. The van der Waals surface area contributed by atoms with Crippen LogP contribution in [0, 0.1) is 23.7 Å². The molecular formula is C40H49F3N6O5. The Bertz CT molecular complexity index is 1810. The molecule has 2 N–H and O–H groups in total. The van der Waals surface area contributed by atoms with Gasteiger partial charge in [-0.1, -0.05) is 19.3 Å². The number of halogens is 3. The number of hydrogen-bond donors (Lipinski definition) is 2. The zero-order chi connectivity index (χ0) is 37.6. The Balaban J connectivity index is 0.963. The van der Waals surface area contributed by atoms with E-state index in [0.29, 0.717) is 50.1 Å². The molecule has 5 aliphatic carbocycles. The molecule has 290 valence electrons. The highest BCUT2D eigenvalue weighted by Crippen LogP contribution is 2.59. The van der Waals surface area contributed by atoms with Crippen LogP contribution in [0.15, 0.2) is 24.4 Å². The first-order valence-corrected chi connectivity index (χ1v) is 19.9. The minimum absolute atomic E-state index is 0.0404. The van der Waals surface area contributed by atoms with Crippen molar-refractivity contribution < 1.29 is 37.4 Å². The maximum absolute atomic E-state index is 14.8. The summed E-state index contributed by atoms with van der Waals surface area (Å²) in [6, 6.07) is 6.24. The number of carboxylic acid groups (broad SMARTS) is 1. The highest BCUT2D eigenvalue weighted by Gasteiger charge is 2.62. The number of anilines is 2. The van der Waals surface area contributed by atoms with E-state index < -0.39 is 34.8 Å². The molecule has 1 spiro atoms. The number of amides is 2. The highest BCUT2D eigenvalue weighted by atomic mass is 19.4. The summed E-state index contributed by atoms with van der Waals surface area (Å²) in [5, 5.41) is 13.2. The summed E-state index contributed by atoms with van der Waals surface area (Å²) in [5.41, 5.74) is -2.24. The quantitative estimate of drug-likeness (QED) is 0.354. The van der Waals surface area contributed by atoms with Gasteiger partial charge in [-0.3, -0.25) is 14.5 Å². The maximum atomic E-state index is 14.8. The summed E-state index contributed by atoms with van der Waals surface area (Å²) in [6.07, 6.45) is 6.29. The van der Waals surface area contributed by atoms with Crippen molar-refractivity contribution in [3.63, 3.8) is 0 Å². The molecule has 2 saturated heterocycles. The second kappa shape index (κ2) is 13.1. The second-order valence-corrected chi connectivity index (χ2v) is 17.4. The van der Waals surface area contributed by atoms with Crippen LogP contribution in [0.2, 0.25) is 0 Å². The van der Waals surface area contributed by atoms with Crippen molar-refractivity contribution in [1.82, 2.24) is 25.1 Å². The Hall–Kier alpha value is -3.94. The number of aromatic nitrogens is 2. The average Bonchev–Trinajstić information content (AvgIpc) is 3.41. The van der Waals surface area contributed by atoms with E-state index in [4.69, 9.17) is 4.74 Å². The topological polar surface area (TPSA) is 128 Å². The Labute approximate surface area is 313 Å². The number of aliphatic carboxylic acids is 1. The lowest BCUT2D eigenvalue weighted by atomic mass is 9.48. The van der Waals surface area contributed by atoms with Gasteiger partial charge in [0.2, 0.25) is 11.9 Å². The van der Waals surface area contributed by atoms with Crippen LogP contribution in [-0.2, 0) is 21.2 Å². The molecule has 14 heteroatoms. The fourth-order valence-corrected chi connectivity index (χ4v) is 11.7. The predicted octanol–water partition coefficient (Wildman–Crippen LogP) is 5.93. The first kappa shape index (κ1) is 35.7. The van der Waals surface area contributed by atoms with E-state index in [9.17, 15) is 32.7 Å². The van der Waals surface area contributed by atoms with E-state index in [1.165, 1.54) is 0 Å². The summed E-state index contributed by atoms with van der Waals surface area (Å²) < 4.78 is 51.0. The van der Waals surface area contributed by atoms with Crippen LogP contribution in [-0.4, -0.2) is 93.1 Å². The molecule has 0 unspecified atom stereocenters. The Kier molecular flexibility index (Phi) is 8.66. The van der Waals surface area contributed by atoms with Gasteiger partial charge in [-0.05, 0) is 105 Å². The molecule has 1 aromatic carbocycles. The fourth-order valence-electron chi connectivity index (χ4n) is 11.7. The normalized spacial score (nSPS) is 30.7. The fraction of sp³-hybridized carbons (Fsp3) is 0.675. The lowest BCUT2D eigenvalue weighted by Gasteiger charge is -2.59. The third-order valence-corrected chi connectivity index (χ3v) is 14.3. The minimum Gasteiger partial charge on any atom is -0.490 e. The lowest BCUT2D eigenvalue weighted by Crippen LogP contribution is -2.70. The number of carbonyl (C=O) groups is 3. The van der Waals surface area contributed by atoms with Crippen LogP contribution in [0.4, 0.5) is 24.8 Å². The van der Waals surface area contributed by atoms with Gasteiger partial charge >= 0.3 is 12.1 Å². The van der Waals surface area contributed by atoms with Crippen molar-refractivity contribution in [2.75, 3.05) is 37.6 Å². The number of likely N-dealkylation sites (tertiary alicyclic amines) is 2. The summed E-state index contributed by atoms with van der Waals surface area (Å²) >= 11 is 0. The molecule has 1 aromatic heterocycles. The molecule has 2 aromatic rings. The number of fused-ring (bicyclic) bond motifs is 2. The summed E-state index contributed by atoms with van der Waals surface area (Å²) in [4.78, 5) is 52.8. The van der Waals surface area contributed by atoms with Gasteiger partial charge in [0.1, 0.15) is 17.4 Å². The Morgan fingerprint density at radius 1 is 0.963 bits per heavy atom. The van der Waals surface area contributed by atoms with Crippen LogP contribution in [0.1, 0.15) is 106 Å². The van der Waals surface area contributed by atoms with Crippen LogP contribution in [0.3, 0.4) is 0 Å². The molecule has 5 saturated carbocycles. The van der Waals surface area contributed by atoms with Crippen molar-refractivity contribution in [1.29, 1.82) is 0 Å². The molecule has 4 heterocycles. The van der Waals surface area contributed by atoms with Crippen LogP contribution >= 0.6 is 0 Å². The standard InChI is InChI=1S/C40H49F3N6O5/c1-23(50)48-20-28(21-48)47-11-7-29(8-12-47)54-30-5-6-33-32(18-30)38(9-3-2-4-10-38)22-49(33)37-44-19-31(34(45-37)40(41,42)43)35(51)46-39(36(52)53)26-14-24-13-25(16-26)17-27(39)15-24/h5-6,18-19,24-29H,2-4,7-17,20-22H2,1H3,(H,46,51)(H,52,53). The monoisotopic (exact) mass is 750 g/mol. The maximum Gasteiger partial charge on any atom is 0.434 e. The number of nitrogens with one attached hydrogen (secondary N) is 1. The van der Waals surface area contributed by atoms with Crippen LogP contribution < -0.4 is 15.0 Å². The number of alkyl halides is 3. The number of rotatable bonds is 7. The van der Waals surface area contributed by atoms with Crippen molar-refractivity contribution in [2.24, 2.45) is 23.7 Å². The molecule has 54 heavy (non-hydrogen) atoms. The van der Waals surface area contributed by atoms with Gasteiger partial charge < -0.3 is 25.0 Å². The van der Waals surface area contributed by atoms with E-state index in [1.54, 1.807) is 11.8 Å². The number of piperidine rings is 1. The smallest absolute Gasteiger partial charge is 0.434 e. The second-order valence-electron chi connectivity index (χ2n) is 17.4. The van der Waals surface area contributed by atoms with Crippen molar-refractivity contribution in [3.05, 3.63) is 41.2 Å². The van der Waals surface area contributed by atoms with Gasteiger partial charge in [0.15, 0.2) is 5.69 Å². The van der Waals surface area contributed by atoms with E-state index in [0.717, 1.165) is 101 Å². The molecule has 3 aliphatic heterocycles. The van der Waals surface area contributed by atoms with Gasteiger partial charge in [-0.2, -0.15) is 13.2 Å². The summed E-state index contributed by atoms with van der Waals surface area (Å²) in [6.45, 7) is 5.38. The predicted molar refractivity (Wildman–Crippen MR) is 191 cm³/mol. The van der Waals surface area contributed by atoms with Crippen molar-refractivity contribution in [3.8, 4) is 5.75 Å². The third-order valence-electron chi connectivity index (χ3n) is 14.3. The molecular weight excluding hydrogens is 701 g/mol. The molecule has 0 radical (unpaired) electrons. The number of ether oxygens (including phenoxy) is 1. The zero-order valence-electron chi connectivity index (χ0n) is 30.7. The Morgan fingerprint density at radius 3 is 2.24 bits per heavy atom. The van der Waals surface area contributed by atoms with Crippen molar-refractivity contribution in [2.45, 2.75) is 113 Å². The van der Waals surface area contributed by atoms with E-state index >= 15 is 0 Å².